The fourth-order valence-electron chi connectivity index (χ4n) is 2.45. The van der Waals surface area contributed by atoms with Gasteiger partial charge < -0.3 is 9.84 Å². The maximum atomic E-state index is 12.2. The number of aromatic hydroxyl groups is 1. The predicted molar refractivity (Wildman–Crippen MR) is 107 cm³/mol. The highest BCUT2D eigenvalue weighted by atomic mass is 32.1. The van der Waals surface area contributed by atoms with Gasteiger partial charge >= 0.3 is 0 Å². The van der Waals surface area contributed by atoms with Crippen LogP contribution in [-0.4, -0.2) is 33.9 Å². The molecule has 1 heterocycles. The molecule has 0 aliphatic carbocycles. The molecule has 0 saturated carbocycles. The van der Waals surface area contributed by atoms with Gasteiger partial charge in [0.2, 0.25) is 5.88 Å². The van der Waals surface area contributed by atoms with E-state index < -0.39 is 17.3 Å². The van der Waals surface area contributed by atoms with Crippen molar-refractivity contribution in [3.05, 3.63) is 80.8 Å². The van der Waals surface area contributed by atoms with E-state index in [0.717, 1.165) is 6.21 Å². The van der Waals surface area contributed by atoms with Gasteiger partial charge in [0.1, 0.15) is 11.3 Å². The second kappa shape index (κ2) is 8.31. The van der Waals surface area contributed by atoms with Crippen molar-refractivity contribution < 1.29 is 14.6 Å². The van der Waals surface area contributed by atoms with Gasteiger partial charge in [-0.1, -0.05) is 24.3 Å². The fraction of sp³-hybridized carbons (Fsp3) is 0.0526. The number of hydrazone groups is 1. The molecule has 1 amide bonds. The molecule has 0 radical (unpaired) electrons. The third kappa shape index (κ3) is 3.99. The van der Waals surface area contributed by atoms with Gasteiger partial charge in [-0.3, -0.25) is 19.1 Å². The van der Waals surface area contributed by atoms with Crippen LogP contribution in [-0.2, 0) is 0 Å². The lowest BCUT2D eigenvalue weighted by Gasteiger charge is -2.12. The minimum absolute atomic E-state index is 0.00113. The number of nitrogens with zero attached hydrogens (tertiary/aromatic N) is 2. The van der Waals surface area contributed by atoms with Crippen molar-refractivity contribution in [2.75, 3.05) is 7.11 Å². The molecule has 28 heavy (non-hydrogen) atoms. The van der Waals surface area contributed by atoms with Gasteiger partial charge in [0.25, 0.3) is 11.5 Å². The predicted octanol–water partition coefficient (Wildman–Crippen LogP) is 2.37. The molecule has 0 atom stereocenters. The lowest BCUT2D eigenvalue weighted by molar-refractivity contribution is 0.0955. The van der Waals surface area contributed by atoms with Crippen LogP contribution in [0.2, 0.25) is 0 Å². The van der Waals surface area contributed by atoms with E-state index in [1.165, 1.54) is 11.7 Å². The number of methoxy groups -OCH3 is 1. The molecule has 0 unspecified atom stereocenters. The van der Waals surface area contributed by atoms with Gasteiger partial charge in [-0.05, 0) is 36.5 Å². The van der Waals surface area contributed by atoms with Crippen molar-refractivity contribution in [1.82, 2.24) is 15.0 Å². The Bertz CT molecular complexity index is 1150. The van der Waals surface area contributed by atoms with Crippen molar-refractivity contribution in [1.29, 1.82) is 0 Å². The summed E-state index contributed by atoms with van der Waals surface area (Å²) in [5, 5.41) is 14.3. The van der Waals surface area contributed by atoms with E-state index in [2.05, 4.69) is 15.5 Å². The van der Waals surface area contributed by atoms with Gasteiger partial charge in [-0.15, -0.1) is 0 Å². The number of aromatic amines is 1. The lowest BCUT2D eigenvalue weighted by atomic mass is 10.2. The number of ether oxygens (including phenoxy) is 1. The first-order chi connectivity index (χ1) is 13.5. The number of H-pyrrole nitrogens is 1. The number of carbonyl (C=O) groups is 1. The van der Waals surface area contributed by atoms with Crippen LogP contribution in [0.1, 0.15) is 15.9 Å². The number of nitrogens with one attached hydrogen (secondary N) is 2. The molecule has 0 aliphatic rings. The van der Waals surface area contributed by atoms with Crippen molar-refractivity contribution in [2.45, 2.75) is 0 Å². The van der Waals surface area contributed by atoms with Crippen LogP contribution < -0.4 is 15.7 Å². The molecule has 3 N–H and O–H groups in total. The van der Waals surface area contributed by atoms with Crippen molar-refractivity contribution >= 4 is 24.3 Å². The zero-order chi connectivity index (χ0) is 20.1. The standard InChI is InChI=1S/C19H16N4O4S/c1-27-14-9-5-8-13(10-14)23-18(26)15(17(25)21-19(23)28)11-20-22-16(24)12-6-3-2-4-7-12/h2-11,26H,1H3,(H,22,24)(H,21,25,28)/b20-11+. The molecule has 0 fully saturated rings. The summed E-state index contributed by atoms with van der Waals surface area (Å²) >= 11 is 5.16. The number of benzene rings is 2. The molecular weight excluding hydrogens is 380 g/mol. The topological polar surface area (TPSA) is 109 Å². The quantitative estimate of drug-likeness (QED) is 0.349. The third-order valence-corrected chi connectivity index (χ3v) is 4.11. The largest absolute Gasteiger partial charge is 0.497 e. The second-order valence-corrected chi connectivity index (χ2v) is 5.99. The number of rotatable bonds is 5. The average Bonchev–Trinajstić information content (AvgIpc) is 2.71. The molecule has 8 nitrogen and oxygen atoms in total. The van der Waals surface area contributed by atoms with Crippen LogP contribution in [0.25, 0.3) is 5.69 Å². The molecule has 142 valence electrons. The Morgan fingerprint density at radius 1 is 1.25 bits per heavy atom. The molecule has 0 aliphatic heterocycles. The van der Waals surface area contributed by atoms with Crippen molar-refractivity contribution in [2.24, 2.45) is 5.10 Å². The first-order valence-electron chi connectivity index (χ1n) is 8.12. The van der Waals surface area contributed by atoms with Gasteiger partial charge in [0.05, 0.1) is 19.0 Å². The molecule has 3 rings (SSSR count). The second-order valence-electron chi connectivity index (χ2n) is 5.60. The number of aromatic nitrogens is 2. The third-order valence-electron chi connectivity index (χ3n) is 3.83. The van der Waals surface area contributed by atoms with E-state index in [0.29, 0.717) is 17.0 Å². The van der Waals surface area contributed by atoms with E-state index >= 15 is 0 Å². The number of hydrogen-bond acceptors (Lipinski definition) is 6. The van der Waals surface area contributed by atoms with Gasteiger partial charge in [-0.2, -0.15) is 5.10 Å². The van der Waals surface area contributed by atoms with Crippen LogP contribution >= 0.6 is 12.2 Å². The van der Waals surface area contributed by atoms with Gasteiger partial charge in [0, 0.05) is 11.6 Å². The average molecular weight is 396 g/mol. The Hall–Kier alpha value is -3.72. The van der Waals surface area contributed by atoms with E-state index in [1.807, 2.05) is 0 Å². The summed E-state index contributed by atoms with van der Waals surface area (Å²) in [4.78, 5) is 26.7. The summed E-state index contributed by atoms with van der Waals surface area (Å²) in [5.41, 5.74) is 2.40. The van der Waals surface area contributed by atoms with E-state index in [1.54, 1.807) is 54.6 Å². The van der Waals surface area contributed by atoms with Crippen molar-refractivity contribution in [3.8, 4) is 17.3 Å². The fourth-order valence-corrected chi connectivity index (χ4v) is 2.74. The number of amides is 1. The maximum absolute atomic E-state index is 12.2. The maximum Gasteiger partial charge on any atom is 0.271 e. The zero-order valence-corrected chi connectivity index (χ0v) is 15.6. The SMILES string of the molecule is COc1cccc(-n2c(O)c(/C=N/NC(=O)c3ccccc3)c(=O)[nH]c2=S)c1. The molecule has 3 aromatic rings. The van der Waals surface area contributed by atoms with E-state index in [-0.39, 0.29) is 10.3 Å². The molecule has 9 heteroatoms. The molecule has 2 aromatic carbocycles. The normalized spacial score (nSPS) is 10.8. The van der Waals surface area contributed by atoms with Crippen LogP contribution in [0.5, 0.6) is 11.6 Å². The van der Waals surface area contributed by atoms with E-state index in [9.17, 15) is 14.7 Å². The molecule has 0 saturated heterocycles. The number of hydrogen-bond donors (Lipinski definition) is 3. The van der Waals surface area contributed by atoms with Gasteiger partial charge in [-0.25, -0.2) is 5.43 Å². The van der Waals surface area contributed by atoms with E-state index in [4.69, 9.17) is 17.0 Å². The zero-order valence-electron chi connectivity index (χ0n) is 14.7. The van der Waals surface area contributed by atoms with Crippen LogP contribution in [0.15, 0.2) is 64.5 Å². The Morgan fingerprint density at radius 3 is 2.71 bits per heavy atom. The Balaban J connectivity index is 1.95. The highest BCUT2D eigenvalue weighted by Crippen LogP contribution is 2.22. The van der Waals surface area contributed by atoms with Crippen LogP contribution in [0, 0.1) is 4.77 Å². The summed E-state index contributed by atoms with van der Waals surface area (Å²) in [7, 11) is 1.51. The highest BCUT2D eigenvalue weighted by molar-refractivity contribution is 7.71. The molecule has 1 aromatic heterocycles. The van der Waals surface area contributed by atoms with Crippen LogP contribution in [0.4, 0.5) is 0 Å². The minimum Gasteiger partial charge on any atom is -0.497 e. The molecular formula is C19H16N4O4S. The van der Waals surface area contributed by atoms with Gasteiger partial charge in [0.15, 0.2) is 4.77 Å². The van der Waals surface area contributed by atoms with Crippen LogP contribution in [0.3, 0.4) is 0 Å². The molecule has 0 bridgehead atoms. The Labute approximate surface area is 164 Å². The Morgan fingerprint density at radius 2 is 2.00 bits per heavy atom. The highest BCUT2D eigenvalue weighted by Gasteiger charge is 2.13. The first-order valence-corrected chi connectivity index (χ1v) is 8.53. The first kappa shape index (κ1) is 19.1. The summed E-state index contributed by atoms with van der Waals surface area (Å²) in [6.45, 7) is 0. The van der Waals surface area contributed by atoms with Crippen molar-refractivity contribution in [3.63, 3.8) is 0 Å². The number of carbonyl (C=O) groups excluding carboxylic acids is 1. The Kier molecular flexibility index (Phi) is 5.66. The summed E-state index contributed by atoms with van der Waals surface area (Å²) < 4.78 is 6.43. The lowest BCUT2D eigenvalue weighted by Crippen LogP contribution is -2.21. The summed E-state index contributed by atoms with van der Waals surface area (Å²) in [6.07, 6.45) is 1.06. The smallest absolute Gasteiger partial charge is 0.271 e. The monoisotopic (exact) mass is 396 g/mol. The summed E-state index contributed by atoms with van der Waals surface area (Å²) in [5.74, 6) is -0.316. The summed E-state index contributed by atoms with van der Waals surface area (Å²) in [6, 6.07) is 15.2. The minimum atomic E-state index is -0.639. The molecule has 0 spiro atoms.